The van der Waals surface area contributed by atoms with Crippen LogP contribution in [0.15, 0.2) is 34.9 Å². The minimum Gasteiger partial charge on any atom is -0.367 e. The van der Waals surface area contributed by atoms with E-state index in [2.05, 4.69) is 26.2 Å². The molecule has 0 fully saturated rings. The summed E-state index contributed by atoms with van der Waals surface area (Å²) in [5.41, 5.74) is 0.955. The van der Waals surface area contributed by atoms with Crippen LogP contribution in [0.25, 0.3) is 0 Å². The normalized spacial score (nSPS) is 10.5. The number of hydrogen-bond acceptors (Lipinski definition) is 2. The van der Waals surface area contributed by atoms with Gasteiger partial charge in [0, 0.05) is 27.3 Å². The molecule has 6 heteroatoms. The SMILES string of the molecule is Fc1cc(Br)cnc1NCCc1ccc(Cl)cc1Cl. The van der Waals surface area contributed by atoms with Gasteiger partial charge in [-0.15, -0.1) is 0 Å². The lowest BCUT2D eigenvalue weighted by Gasteiger charge is -2.08. The van der Waals surface area contributed by atoms with Gasteiger partial charge in [-0.1, -0.05) is 29.3 Å². The molecule has 0 spiro atoms. The lowest BCUT2D eigenvalue weighted by molar-refractivity contribution is 0.623. The Kier molecular flexibility index (Phi) is 5.02. The van der Waals surface area contributed by atoms with Crippen LogP contribution in [0.5, 0.6) is 0 Å². The van der Waals surface area contributed by atoms with Crippen LogP contribution in [0, 0.1) is 5.82 Å². The molecule has 0 bridgehead atoms. The van der Waals surface area contributed by atoms with Crippen molar-refractivity contribution in [2.24, 2.45) is 0 Å². The topological polar surface area (TPSA) is 24.9 Å². The molecular formula is C13H10BrCl2FN2. The number of nitrogens with zero attached hydrogens (tertiary/aromatic N) is 1. The maximum atomic E-state index is 13.5. The van der Waals surface area contributed by atoms with Crippen molar-refractivity contribution < 1.29 is 4.39 Å². The van der Waals surface area contributed by atoms with Crippen molar-refractivity contribution in [3.05, 3.63) is 56.4 Å². The van der Waals surface area contributed by atoms with E-state index < -0.39 is 5.82 Å². The number of nitrogens with one attached hydrogen (secondary N) is 1. The summed E-state index contributed by atoms with van der Waals surface area (Å²) in [5.74, 6) is -0.162. The van der Waals surface area contributed by atoms with Crippen LogP contribution >= 0.6 is 39.1 Å². The van der Waals surface area contributed by atoms with Crippen LogP contribution in [0.1, 0.15) is 5.56 Å². The molecule has 0 aliphatic carbocycles. The van der Waals surface area contributed by atoms with Crippen molar-refractivity contribution in [2.75, 3.05) is 11.9 Å². The molecule has 0 aliphatic heterocycles. The van der Waals surface area contributed by atoms with Gasteiger partial charge in [-0.05, 0) is 46.1 Å². The van der Waals surface area contributed by atoms with E-state index in [0.29, 0.717) is 27.5 Å². The van der Waals surface area contributed by atoms with Crippen LogP contribution in [-0.2, 0) is 6.42 Å². The molecule has 1 aromatic carbocycles. The molecule has 0 aliphatic rings. The standard InChI is InChI=1S/C13H10BrCl2FN2/c14-9-5-12(17)13(19-7-9)18-4-3-8-1-2-10(15)6-11(8)16/h1-2,5-7H,3-4H2,(H,18,19). The first-order valence-electron chi connectivity index (χ1n) is 5.55. The average Bonchev–Trinajstić information content (AvgIpc) is 2.34. The van der Waals surface area contributed by atoms with Crippen molar-refractivity contribution in [3.63, 3.8) is 0 Å². The third-order valence-electron chi connectivity index (χ3n) is 2.51. The van der Waals surface area contributed by atoms with E-state index in [4.69, 9.17) is 23.2 Å². The summed E-state index contributed by atoms with van der Waals surface area (Å²) in [6, 6.07) is 6.69. The number of pyridine rings is 1. The zero-order valence-electron chi connectivity index (χ0n) is 9.76. The van der Waals surface area contributed by atoms with E-state index >= 15 is 0 Å². The molecule has 0 atom stereocenters. The Hall–Kier alpha value is -0.840. The van der Waals surface area contributed by atoms with Gasteiger partial charge in [0.15, 0.2) is 11.6 Å². The van der Waals surface area contributed by atoms with Gasteiger partial charge in [0.05, 0.1) is 0 Å². The molecule has 0 saturated carbocycles. The minimum absolute atomic E-state index is 0.230. The summed E-state index contributed by atoms with van der Waals surface area (Å²) in [6.45, 7) is 0.535. The number of anilines is 1. The van der Waals surface area contributed by atoms with Crippen molar-refractivity contribution in [2.45, 2.75) is 6.42 Å². The monoisotopic (exact) mass is 362 g/mol. The van der Waals surface area contributed by atoms with Crippen molar-refractivity contribution in [1.82, 2.24) is 4.98 Å². The molecule has 1 N–H and O–H groups in total. The Balaban J connectivity index is 1.96. The van der Waals surface area contributed by atoms with Crippen LogP contribution in [0.4, 0.5) is 10.2 Å². The Morgan fingerprint density at radius 2 is 2.05 bits per heavy atom. The van der Waals surface area contributed by atoms with Gasteiger partial charge < -0.3 is 5.32 Å². The van der Waals surface area contributed by atoms with E-state index in [1.807, 2.05) is 6.07 Å². The molecule has 100 valence electrons. The number of benzene rings is 1. The Morgan fingerprint density at radius 3 is 2.74 bits per heavy atom. The highest BCUT2D eigenvalue weighted by Crippen LogP contribution is 2.21. The van der Waals surface area contributed by atoms with Crippen LogP contribution < -0.4 is 5.32 Å². The Morgan fingerprint density at radius 1 is 1.26 bits per heavy atom. The molecule has 0 amide bonds. The van der Waals surface area contributed by atoms with Crippen LogP contribution in [0.2, 0.25) is 10.0 Å². The first-order chi connectivity index (χ1) is 9.06. The summed E-state index contributed by atoms with van der Waals surface area (Å²) in [5, 5.41) is 4.14. The summed E-state index contributed by atoms with van der Waals surface area (Å²) in [7, 11) is 0. The molecule has 19 heavy (non-hydrogen) atoms. The quantitative estimate of drug-likeness (QED) is 0.831. The van der Waals surface area contributed by atoms with Crippen LogP contribution in [0.3, 0.4) is 0 Å². The van der Waals surface area contributed by atoms with Gasteiger partial charge in [0.1, 0.15) is 0 Å². The second kappa shape index (κ2) is 6.55. The molecule has 1 aromatic heterocycles. The Bertz CT molecular complexity index is 541. The predicted octanol–water partition coefficient (Wildman–Crippen LogP) is 4.94. The molecule has 0 saturated heterocycles. The smallest absolute Gasteiger partial charge is 0.166 e. The maximum absolute atomic E-state index is 13.5. The number of aromatic nitrogens is 1. The first-order valence-corrected chi connectivity index (χ1v) is 7.10. The van der Waals surface area contributed by atoms with E-state index in [1.165, 1.54) is 6.07 Å². The van der Waals surface area contributed by atoms with Gasteiger partial charge in [0.2, 0.25) is 0 Å². The zero-order valence-corrected chi connectivity index (χ0v) is 12.9. The van der Waals surface area contributed by atoms with Crippen molar-refractivity contribution in [1.29, 1.82) is 0 Å². The molecule has 0 unspecified atom stereocenters. The molecular weight excluding hydrogens is 354 g/mol. The second-order valence-electron chi connectivity index (χ2n) is 3.90. The summed E-state index contributed by atoms with van der Waals surface area (Å²) in [4.78, 5) is 3.96. The van der Waals surface area contributed by atoms with E-state index in [9.17, 15) is 4.39 Å². The van der Waals surface area contributed by atoms with Gasteiger partial charge >= 0.3 is 0 Å². The highest BCUT2D eigenvalue weighted by atomic mass is 79.9. The summed E-state index contributed by atoms with van der Waals surface area (Å²) < 4.78 is 14.1. The molecule has 2 nitrogen and oxygen atoms in total. The fraction of sp³-hybridized carbons (Fsp3) is 0.154. The molecule has 2 aromatic rings. The number of rotatable bonds is 4. The minimum atomic E-state index is -0.392. The highest BCUT2D eigenvalue weighted by molar-refractivity contribution is 9.10. The lowest BCUT2D eigenvalue weighted by Crippen LogP contribution is -2.08. The molecule has 0 radical (unpaired) electrons. The predicted molar refractivity (Wildman–Crippen MR) is 80.6 cm³/mol. The van der Waals surface area contributed by atoms with E-state index in [1.54, 1.807) is 18.3 Å². The third kappa shape index (κ3) is 4.06. The zero-order chi connectivity index (χ0) is 13.8. The molecule has 2 rings (SSSR count). The van der Waals surface area contributed by atoms with Gasteiger partial charge in [-0.3, -0.25) is 0 Å². The fourth-order valence-corrected chi connectivity index (χ4v) is 2.39. The summed E-state index contributed by atoms with van der Waals surface area (Å²) in [6.07, 6.45) is 2.20. The highest BCUT2D eigenvalue weighted by Gasteiger charge is 2.05. The van der Waals surface area contributed by atoms with Crippen LogP contribution in [-0.4, -0.2) is 11.5 Å². The van der Waals surface area contributed by atoms with E-state index in [0.717, 1.165) is 5.56 Å². The third-order valence-corrected chi connectivity index (χ3v) is 3.53. The lowest BCUT2D eigenvalue weighted by atomic mass is 10.1. The fourth-order valence-electron chi connectivity index (χ4n) is 1.58. The van der Waals surface area contributed by atoms with E-state index in [-0.39, 0.29) is 5.82 Å². The average molecular weight is 364 g/mol. The van der Waals surface area contributed by atoms with Crippen molar-refractivity contribution >= 4 is 44.9 Å². The maximum Gasteiger partial charge on any atom is 0.166 e. The summed E-state index contributed by atoms with van der Waals surface area (Å²) >= 11 is 15.0. The van der Waals surface area contributed by atoms with Gasteiger partial charge in [0.25, 0.3) is 0 Å². The van der Waals surface area contributed by atoms with Gasteiger partial charge in [-0.25, -0.2) is 9.37 Å². The number of hydrogen-bond donors (Lipinski definition) is 1. The van der Waals surface area contributed by atoms with Crippen molar-refractivity contribution in [3.8, 4) is 0 Å². The van der Waals surface area contributed by atoms with Gasteiger partial charge in [-0.2, -0.15) is 0 Å². The Labute approximate surface area is 129 Å². The first kappa shape index (κ1) is 14.6. The second-order valence-corrected chi connectivity index (χ2v) is 5.66. The molecule has 1 heterocycles. The number of halogens is 4. The largest absolute Gasteiger partial charge is 0.367 e.